The molecule has 0 spiro atoms. The molecule has 0 saturated heterocycles. The highest BCUT2D eigenvalue weighted by Crippen LogP contribution is 2.17. The maximum atomic E-state index is 12.1. The minimum absolute atomic E-state index is 0.126. The van der Waals surface area contributed by atoms with Gasteiger partial charge in [-0.25, -0.2) is 9.67 Å². The van der Waals surface area contributed by atoms with E-state index >= 15 is 0 Å². The van der Waals surface area contributed by atoms with Gasteiger partial charge >= 0.3 is 5.69 Å². The van der Waals surface area contributed by atoms with Crippen molar-refractivity contribution in [1.29, 1.82) is 0 Å². The van der Waals surface area contributed by atoms with Crippen LogP contribution >= 0.6 is 11.6 Å². The van der Waals surface area contributed by atoms with E-state index < -0.39 is 10.8 Å². The third-order valence-corrected chi connectivity index (χ3v) is 4.01. The monoisotopic (exact) mass is 375 g/mol. The SMILES string of the molecule is Cc1c([N+](=O)[O-])cnn1CC(=O)Nc1ncn(Cc2ccccc2Cl)n1. The number of amides is 1. The van der Waals surface area contributed by atoms with Gasteiger partial charge in [0.2, 0.25) is 11.9 Å². The minimum atomic E-state index is -0.547. The number of benzene rings is 1. The standard InChI is InChI=1S/C15H14ClN7O3/c1-10-13(23(25)26)6-18-22(10)8-14(24)19-15-17-9-21(20-15)7-11-4-2-3-5-12(11)16/h2-6,9H,7-8H2,1H3,(H,19,20,24). The predicted octanol–water partition coefficient (Wildman–Crippen LogP) is 2.03. The van der Waals surface area contributed by atoms with Crippen molar-refractivity contribution in [2.24, 2.45) is 0 Å². The van der Waals surface area contributed by atoms with Crippen LogP contribution in [-0.2, 0) is 17.9 Å². The van der Waals surface area contributed by atoms with Crippen molar-refractivity contribution >= 4 is 29.1 Å². The largest absolute Gasteiger partial charge is 0.309 e. The summed E-state index contributed by atoms with van der Waals surface area (Å²) in [4.78, 5) is 26.4. The summed E-state index contributed by atoms with van der Waals surface area (Å²) >= 11 is 6.11. The van der Waals surface area contributed by atoms with Crippen molar-refractivity contribution in [2.45, 2.75) is 20.0 Å². The Morgan fingerprint density at radius 2 is 2.15 bits per heavy atom. The molecule has 0 atom stereocenters. The normalized spacial score (nSPS) is 10.7. The van der Waals surface area contributed by atoms with Gasteiger partial charge in [0.1, 0.15) is 24.8 Å². The van der Waals surface area contributed by atoms with Gasteiger partial charge in [-0.15, -0.1) is 5.10 Å². The van der Waals surface area contributed by atoms with Crippen LogP contribution in [0, 0.1) is 17.0 Å². The molecule has 0 unspecified atom stereocenters. The predicted molar refractivity (Wildman–Crippen MR) is 92.8 cm³/mol. The van der Waals surface area contributed by atoms with Gasteiger partial charge in [0.25, 0.3) is 0 Å². The maximum Gasteiger partial charge on any atom is 0.309 e. The van der Waals surface area contributed by atoms with Crippen LogP contribution in [-0.4, -0.2) is 35.4 Å². The number of aromatic nitrogens is 5. The number of hydrogen-bond acceptors (Lipinski definition) is 6. The molecular weight excluding hydrogens is 362 g/mol. The van der Waals surface area contributed by atoms with Crippen LogP contribution in [0.25, 0.3) is 0 Å². The number of anilines is 1. The molecule has 1 aromatic carbocycles. The molecule has 0 aliphatic carbocycles. The quantitative estimate of drug-likeness (QED) is 0.519. The second-order valence-corrected chi connectivity index (χ2v) is 5.84. The molecular formula is C15H14ClN7O3. The number of hydrogen-bond donors (Lipinski definition) is 1. The Morgan fingerprint density at radius 1 is 1.38 bits per heavy atom. The highest BCUT2D eigenvalue weighted by atomic mass is 35.5. The van der Waals surface area contributed by atoms with Crippen LogP contribution in [0.15, 0.2) is 36.8 Å². The van der Waals surface area contributed by atoms with E-state index in [2.05, 4.69) is 20.5 Å². The van der Waals surface area contributed by atoms with Gasteiger partial charge in [-0.3, -0.25) is 24.9 Å². The lowest BCUT2D eigenvalue weighted by Crippen LogP contribution is -2.21. The summed E-state index contributed by atoms with van der Waals surface area (Å²) in [7, 11) is 0. The topological polar surface area (TPSA) is 121 Å². The highest BCUT2D eigenvalue weighted by Gasteiger charge is 2.18. The Balaban J connectivity index is 1.63. The van der Waals surface area contributed by atoms with Crippen LogP contribution in [0.5, 0.6) is 0 Å². The molecule has 0 saturated carbocycles. The first-order chi connectivity index (χ1) is 12.4. The van der Waals surface area contributed by atoms with Crippen LogP contribution in [0.1, 0.15) is 11.3 Å². The molecule has 11 heteroatoms. The Bertz CT molecular complexity index is 966. The minimum Gasteiger partial charge on any atom is -0.292 e. The number of nitrogens with one attached hydrogen (secondary N) is 1. The first-order valence-corrected chi connectivity index (χ1v) is 7.91. The Labute approximate surface area is 152 Å². The van der Waals surface area contributed by atoms with Crippen molar-refractivity contribution in [3.05, 3.63) is 63.2 Å². The fraction of sp³-hybridized carbons (Fsp3) is 0.200. The van der Waals surface area contributed by atoms with E-state index in [1.807, 2.05) is 18.2 Å². The fourth-order valence-corrected chi connectivity index (χ4v) is 2.50. The number of nitro groups is 1. The summed E-state index contributed by atoms with van der Waals surface area (Å²) in [5.74, 6) is -0.317. The third kappa shape index (κ3) is 3.86. The molecule has 26 heavy (non-hydrogen) atoms. The van der Waals surface area contributed by atoms with Gasteiger partial charge in [-0.05, 0) is 18.6 Å². The lowest BCUT2D eigenvalue weighted by atomic mass is 10.2. The zero-order valence-corrected chi connectivity index (χ0v) is 14.4. The van der Waals surface area contributed by atoms with Gasteiger partial charge in [0, 0.05) is 5.02 Å². The van der Waals surface area contributed by atoms with Crippen molar-refractivity contribution in [1.82, 2.24) is 24.5 Å². The summed E-state index contributed by atoms with van der Waals surface area (Å²) in [5.41, 5.74) is 1.03. The average molecular weight is 376 g/mol. The van der Waals surface area contributed by atoms with Gasteiger partial charge in [0.15, 0.2) is 0 Å². The number of carbonyl (C=O) groups excluding carboxylic acids is 1. The summed E-state index contributed by atoms with van der Waals surface area (Å²) in [6.07, 6.45) is 2.59. The van der Waals surface area contributed by atoms with Gasteiger partial charge in [-0.1, -0.05) is 29.8 Å². The third-order valence-electron chi connectivity index (χ3n) is 3.65. The van der Waals surface area contributed by atoms with Crippen molar-refractivity contribution < 1.29 is 9.72 Å². The van der Waals surface area contributed by atoms with Gasteiger partial charge in [-0.2, -0.15) is 5.10 Å². The van der Waals surface area contributed by atoms with Crippen molar-refractivity contribution in [3.63, 3.8) is 0 Å². The zero-order chi connectivity index (χ0) is 18.7. The molecule has 134 valence electrons. The van der Waals surface area contributed by atoms with E-state index in [1.54, 1.807) is 10.7 Å². The molecule has 10 nitrogen and oxygen atoms in total. The van der Waals surface area contributed by atoms with Gasteiger partial charge < -0.3 is 0 Å². The number of rotatable bonds is 6. The molecule has 0 aliphatic heterocycles. The van der Waals surface area contributed by atoms with Crippen LogP contribution in [0.4, 0.5) is 11.6 Å². The molecule has 1 amide bonds. The summed E-state index contributed by atoms with van der Waals surface area (Å²) in [5, 5.41) is 22.0. The maximum absolute atomic E-state index is 12.1. The molecule has 0 aliphatic rings. The van der Waals surface area contributed by atoms with Crippen molar-refractivity contribution in [3.8, 4) is 0 Å². The molecule has 2 aromatic heterocycles. The van der Waals surface area contributed by atoms with E-state index in [-0.39, 0.29) is 18.2 Å². The van der Waals surface area contributed by atoms with E-state index in [0.29, 0.717) is 17.3 Å². The van der Waals surface area contributed by atoms with E-state index in [1.165, 1.54) is 17.9 Å². The average Bonchev–Trinajstić information content (AvgIpc) is 3.17. The van der Waals surface area contributed by atoms with Crippen LogP contribution < -0.4 is 5.32 Å². The molecule has 1 N–H and O–H groups in total. The number of carbonyl (C=O) groups is 1. The molecule has 3 aromatic rings. The fourth-order valence-electron chi connectivity index (χ4n) is 2.30. The second kappa shape index (κ2) is 7.31. The van der Waals surface area contributed by atoms with Crippen LogP contribution in [0.2, 0.25) is 5.02 Å². The zero-order valence-electron chi connectivity index (χ0n) is 13.7. The molecule has 0 radical (unpaired) electrons. The molecule has 2 heterocycles. The van der Waals surface area contributed by atoms with Crippen LogP contribution in [0.3, 0.4) is 0 Å². The Kier molecular flexibility index (Phi) is 4.94. The lowest BCUT2D eigenvalue weighted by Gasteiger charge is -2.04. The number of halogens is 1. The van der Waals surface area contributed by atoms with Gasteiger partial charge in [0.05, 0.1) is 11.5 Å². The summed E-state index contributed by atoms with van der Waals surface area (Å²) in [6, 6.07) is 7.35. The molecule has 0 fully saturated rings. The van der Waals surface area contributed by atoms with E-state index in [4.69, 9.17) is 11.6 Å². The smallest absolute Gasteiger partial charge is 0.292 e. The first-order valence-electron chi connectivity index (χ1n) is 7.53. The highest BCUT2D eigenvalue weighted by molar-refractivity contribution is 6.31. The summed E-state index contributed by atoms with van der Waals surface area (Å²) in [6.45, 7) is 1.75. The van der Waals surface area contributed by atoms with Crippen molar-refractivity contribution in [2.75, 3.05) is 5.32 Å². The van der Waals surface area contributed by atoms with E-state index in [0.717, 1.165) is 11.8 Å². The molecule has 3 rings (SSSR count). The number of nitrogens with zero attached hydrogens (tertiary/aromatic N) is 6. The Morgan fingerprint density at radius 3 is 2.85 bits per heavy atom. The second-order valence-electron chi connectivity index (χ2n) is 5.44. The summed E-state index contributed by atoms with van der Waals surface area (Å²) < 4.78 is 2.79. The van der Waals surface area contributed by atoms with E-state index in [9.17, 15) is 14.9 Å². The molecule has 0 bridgehead atoms. The lowest BCUT2D eigenvalue weighted by molar-refractivity contribution is -0.385. The first kappa shape index (κ1) is 17.5. The Hall–Kier alpha value is -3.27.